The zero-order valence-electron chi connectivity index (χ0n) is 9.39. The molecule has 0 aromatic heterocycles. The van der Waals surface area contributed by atoms with E-state index in [9.17, 15) is 4.79 Å². The van der Waals surface area contributed by atoms with Crippen LogP contribution in [0.2, 0.25) is 0 Å². The van der Waals surface area contributed by atoms with E-state index in [1.807, 2.05) is 30.3 Å². The van der Waals surface area contributed by atoms with Gasteiger partial charge in [0.1, 0.15) is 0 Å². The molecule has 0 aliphatic rings. The molecule has 1 amide bonds. The van der Waals surface area contributed by atoms with Gasteiger partial charge in [-0.25, -0.2) is 0 Å². The van der Waals surface area contributed by atoms with Gasteiger partial charge in [0, 0.05) is 12.2 Å². The Balaban J connectivity index is 2.61. The van der Waals surface area contributed by atoms with Gasteiger partial charge in [-0.3, -0.25) is 4.79 Å². The van der Waals surface area contributed by atoms with Crippen LogP contribution >= 0.6 is 0 Å². The minimum atomic E-state index is -0.433. The van der Waals surface area contributed by atoms with Crippen LogP contribution in [0.15, 0.2) is 36.4 Å². The molecule has 0 bridgehead atoms. The molecule has 2 aromatic carbocycles. The molecule has 0 unspecified atom stereocenters. The SMILES string of the molecule is NC(=O)c1ccc2ccccc2c1C[CH]CO. The van der Waals surface area contributed by atoms with E-state index in [-0.39, 0.29) is 6.61 Å². The van der Waals surface area contributed by atoms with Gasteiger partial charge < -0.3 is 10.8 Å². The molecule has 3 N–H and O–H groups in total. The number of aliphatic hydroxyl groups is 1. The first-order valence-electron chi connectivity index (χ1n) is 5.47. The summed E-state index contributed by atoms with van der Waals surface area (Å²) in [6.07, 6.45) is 2.25. The van der Waals surface area contributed by atoms with Crippen molar-refractivity contribution in [1.82, 2.24) is 0 Å². The number of primary amides is 1. The molecule has 2 aromatic rings. The van der Waals surface area contributed by atoms with Gasteiger partial charge in [0.2, 0.25) is 5.91 Å². The van der Waals surface area contributed by atoms with E-state index in [0.717, 1.165) is 16.3 Å². The van der Waals surface area contributed by atoms with E-state index in [2.05, 4.69) is 0 Å². The highest BCUT2D eigenvalue weighted by molar-refractivity contribution is 6.00. The molecule has 0 aliphatic carbocycles. The number of carbonyl (C=O) groups is 1. The minimum absolute atomic E-state index is 0.0125. The summed E-state index contributed by atoms with van der Waals surface area (Å²) in [5, 5.41) is 10.9. The molecule has 0 saturated heterocycles. The van der Waals surface area contributed by atoms with Crippen molar-refractivity contribution in [1.29, 1.82) is 0 Å². The van der Waals surface area contributed by atoms with Gasteiger partial charge >= 0.3 is 0 Å². The third-order valence-electron chi connectivity index (χ3n) is 2.78. The fourth-order valence-corrected chi connectivity index (χ4v) is 2.00. The lowest BCUT2D eigenvalue weighted by Gasteiger charge is -2.10. The monoisotopic (exact) mass is 228 g/mol. The molecule has 87 valence electrons. The highest BCUT2D eigenvalue weighted by atomic mass is 16.2. The lowest BCUT2D eigenvalue weighted by atomic mass is 9.95. The summed E-state index contributed by atoms with van der Waals surface area (Å²) >= 11 is 0. The summed E-state index contributed by atoms with van der Waals surface area (Å²) in [4.78, 5) is 11.4. The van der Waals surface area contributed by atoms with E-state index in [0.29, 0.717) is 12.0 Å². The number of nitrogens with two attached hydrogens (primary N) is 1. The highest BCUT2D eigenvalue weighted by Crippen LogP contribution is 2.23. The molecule has 0 aliphatic heterocycles. The Labute approximate surface area is 99.9 Å². The average Bonchev–Trinajstić information content (AvgIpc) is 2.35. The van der Waals surface area contributed by atoms with Gasteiger partial charge in [0.05, 0.1) is 0 Å². The van der Waals surface area contributed by atoms with Crippen molar-refractivity contribution in [2.75, 3.05) is 6.61 Å². The molecule has 0 spiro atoms. The van der Waals surface area contributed by atoms with Gasteiger partial charge in [0.15, 0.2) is 0 Å². The summed E-state index contributed by atoms with van der Waals surface area (Å²) in [5.41, 5.74) is 6.76. The summed E-state index contributed by atoms with van der Waals surface area (Å²) in [5.74, 6) is -0.433. The largest absolute Gasteiger partial charge is 0.396 e. The maximum Gasteiger partial charge on any atom is 0.248 e. The Morgan fingerprint density at radius 3 is 2.71 bits per heavy atom. The maximum atomic E-state index is 11.4. The lowest BCUT2D eigenvalue weighted by Crippen LogP contribution is -2.14. The van der Waals surface area contributed by atoms with Crippen LogP contribution in [0.1, 0.15) is 15.9 Å². The maximum absolute atomic E-state index is 11.4. The van der Waals surface area contributed by atoms with Gasteiger partial charge in [-0.1, -0.05) is 30.3 Å². The van der Waals surface area contributed by atoms with Crippen LogP contribution in [0.4, 0.5) is 0 Å². The topological polar surface area (TPSA) is 63.3 Å². The first-order chi connectivity index (χ1) is 8.24. The van der Waals surface area contributed by atoms with Crippen molar-refractivity contribution in [3.8, 4) is 0 Å². The van der Waals surface area contributed by atoms with Crippen LogP contribution in [-0.2, 0) is 6.42 Å². The Kier molecular flexibility index (Phi) is 3.40. The molecule has 3 nitrogen and oxygen atoms in total. The highest BCUT2D eigenvalue weighted by Gasteiger charge is 2.11. The number of amides is 1. The molecule has 0 atom stereocenters. The van der Waals surface area contributed by atoms with Gasteiger partial charge in [-0.2, -0.15) is 0 Å². The Bertz CT molecular complexity index is 549. The molecule has 2 rings (SSSR count). The number of carbonyl (C=O) groups excluding carboxylic acids is 1. The third-order valence-corrected chi connectivity index (χ3v) is 2.78. The standard InChI is InChI=1S/C14H14NO2/c15-14(17)13-8-7-10-4-1-2-5-11(10)12(13)6-3-9-16/h1-5,7-8,16H,6,9H2,(H2,15,17). The van der Waals surface area contributed by atoms with Crippen LogP contribution < -0.4 is 5.73 Å². The quantitative estimate of drug-likeness (QED) is 0.836. The number of aliphatic hydroxyl groups excluding tert-OH is 1. The fraction of sp³-hybridized carbons (Fsp3) is 0.143. The van der Waals surface area contributed by atoms with Gasteiger partial charge in [-0.15, -0.1) is 0 Å². The van der Waals surface area contributed by atoms with Crippen LogP contribution in [0.25, 0.3) is 10.8 Å². The molecule has 1 radical (unpaired) electrons. The van der Waals surface area contributed by atoms with Crippen LogP contribution in [0.3, 0.4) is 0 Å². The second-order valence-corrected chi connectivity index (χ2v) is 3.85. The van der Waals surface area contributed by atoms with Crippen molar-refractivity contribution < 1.29 is 9.90 Å². The lowest BCUT2D eigenvalue weighted by molar-refractivity contribution is 0.0999. The van der Waals surface area contributed by atoms with Crippen LogP contribution in [0.5, 0.6) is 0 Å². The minimum Gasteiger partial charge on any atom is -0.396 e. The van der Waals surface area contributed by atoms with Gasteiger partial charge in [0.25, 0.3) is 0 Å². The van der Waals surface area contributed by atoms with E-state index in [1.165, 1.54) is 0 Å². The molecular formula is C14H14NO2. The predicted octanol–water partition coefficient (Wildman–Crippen LogP) is 1.68. The van der Waals surface area contributed by atoms with E-state index in [1.54, 1.807) is 12.5 Å². The normalized spacial score (nSPS) is 10.6. The second-order valence-electron chi connectivity index (χ2n) is 3.85. The Hall–Kier alpha value is -1.87. The molecule has 0 fully saturated rings. The van der Waals surface area contributed by atoms with Crippen molar-refractivity contribution in [3.05, 3.63) is 53.9 Å². The zero-order chi connectivity index (χ0) is 12.3. The zero-order valence-corrected chi connectivity index (χ0v) is 9.39. The van der Waals surface area contributed by atoms with Crippen molar-refractivity contribution in [3.63, 3.8) is 0 Å². The Morgan fingerprint density at radius 2 is 2.00 bits per heavy atom. The molecule has 0 saturated carbocycles. The van der Waals surface area contributed by atoms with Crippen molar-refractivity contribution in [2.45, 2.75) is 6.42 Å². The summed E-state index contributed by atoms with van der Waals surface area (Å²) in [7, 11) is 0. The third kappa shape index (κ3) is 2.29. The van der Waals surface area contributed by atoms with Crippen LogP contribution in [0, 0.1) is 6.42 Å². The predicted molar refractivity (Wildman–Crippen MR) is 67.6 cm³/mol. The number of fused-ring (bicyclic) bond motifs is 1. The molecule has 3 heteroatoms. The van der Waals surface area contributed by atoms with E-state index < -0.39 is 5.91 Å². The van der Waals surface area contributed by atoms with Crippen molar-refractivity contribution >= 4 is 16.7 Å². The summed E-state index contributed by atoms with van der Waals surface area (Å²) < 4.78 is 0. The number of rotatable bonds is 4. The fourth-order valence-electron chi connectivity index (χ4n) is 2.00. The van der Waals surface area contributed by atoms with E-state index in [4.69, 9.17) is 10.8 Å². The summed E-state index contributed by atoms with van der Waals surface area (Å²) in [6.45, 7) is -0.0125. The molecular weight excluding hydrogens is 214 g/mol. The van der Waals surface area contributed by atoms with Crippen LogP contribution in [-0.4, -0.2) is 17.6 Å². The number of hydrogen-bond donors (Lipinski definition) is 2. The van der Waals surface area contributed by atoms with Crippen molar-refractivity contribution in [2.24, 2.45) is 5.73 Å². The molecule has 0 heterocycles. The first-order valence-corrected chi connectivity index (χ1v) is 5.47. The first kappa shape index (κ1) is 11.6. The summed E-state index contributed by atoms with van der Waals surface area (Å²) in [6, 6.07) is 11.5. The molecule has 17 heavy (non-hydrogen) atoms. The number of benzene rings is 2. The Morgan fingerprint density at radius 1 is 1.24 bits per heavy atom. The average molecular weight is 228 g/mol. The van der Waals surface area contributed by atoms with E-state index >= 15 is 0 Å². The smallest absolute Gasteiger partial charge is 0.248 e. The second kappa shape index (κ2) is 4.97. The number of hydrogen-bond acceptors (Lipinski definition) is 2. The van der Waals surface area contributed by atoms with Gasteiger partial charge in [-0.05, 0) is 35.2 Å².